The molecule has 0 saturated heterocycles. The Kier molecular flexibility index (Phi) is 1.90. The summed E-state index contributed by atoms with van der Waals surface area (Å²) < 4.78 is 10.0. The van der Waals surface area contributed by atoms with Gasteiger partial charge in [-0.05, 0) is 17.7 Å². The highest BCUT2D eigenvalue weighted by Crippen LogP contribution is 2.21. The zero-order chi connectivity index (χ0) is 9.26. The first-order valence-electron chi connectivity index (χ1n) is 3.88. The maximum atomic E-state index is 8.87. The Morgan fingerprint density at radius 2 is 2.38 bits per heavy atom. The molecule has 0 bridgehead atoms. The van der Waals surface area contributed by atoms with E-state index in [0.29, 0.717) is 11.1 Å². The Hall–Kier alpha value is -1.55. The van der Waals surface area contributed by atoms with E-state index in [0.717, 1.165) is 5.56 Å². The third-order valence-corrected chi connectivity index (χ3v) is 1.79. The summed E-state index contributed by atoms with van der Waals surface area (Å²) in [6, 6.07) is 5.31. The molecule has 0 saturated carbocycles. The number of ether oxygens (including phenoxy) is 1. The van der Waals surface area contributed by atoms with Gasteiger partial charge in [0.1, 0.15) is 5.52 Å². The van der Waals surface area contributed by atoms with E-state index in [2.05, 4.69) is 4.98 Å². The molecule has 0 atom stereocenters. The third-order valence-electron chi connectivity index (χ3n) is 1.79. The van der Waals surface area contributed by atoms with Gasteiger partial charge in [-0.15, -0.1) is 0 Å². The van der Waals surface area contributed by atoms with Gasteiger partial charge in [-0.3, -0.25) is 0 Å². The number of aliphatic hydroxyl groups excluding tert-OH is 1. The van der Waals surface area contributed by atoms with E-state index in [1.165, 1.54) is 7.11 Å². The van der Waals surface area contributed by atoms with Crippen molar-refractivity contribution in [1.82, 2.24) is 4.98 Å². The molecule has 68 valence electrons. The van der Waals surface area contributed by atoms with Crippen LogP contribution in [0.5, 0.6) is 6.08 Å². The zero-order valence-electron chi connectivity index (χ0n) is 7.15. The molecule has 0 spiro atoms. The molecular weight excluding hydrogens is 170 g/mol. The molecule has 0 amide bonds. The first-order valence-corrected chi connectivity index (χ1v) is 3.88. The van der Waals surface area contributed by atoms with Crippen molar-refractivity contribution in [3.63, 3.8) is 0 Å². The molecule has 1 heterocycles. The summed E-state index contributed by atoms with van der Waals surface area (Å²) in [4.78, 5) is 4.04. The smallest absolute Gasteiger partial charge is 0.394 e. The van der Waals surface area contributed by atoms with Crippen molar-refractivity contribution in [2.75, 3.05) is 7.11 Å². The molecule has 2 rings (SSSR count). The van der Waals surface area contributed by atoms with Crippen LogP contribution < -0.4 is 4.74 Å². The van der Waals surface area contributed by atoms with Crippen molar-refractivity contribution in [3.05, 3.63) is 23.8 Å². The number of hydrogen-bond donors (Lipinski definition) is 1. The number of aliphatic hydroxyl groups is 1. The molecular formula is C9H9NO3. The monoisotopic (exact) mass is 179 g/mol. The minimum atomic E-state index is 0.00507. The Balaban J connectivity index is 2.57. The molecule has 13 heavy (non-hydrogen) atoms. The highest BCUT2D eigenvalue weighted by molar-refractivity contribution is 5.73. The lowest BCUT2D eigenvalue weighted by Crippen LogP contribution is -1.82. The Morgan fingerprint density at radius 1 is 1.54 bits per heavy atom. The van der Waals surface area contributed by atoms with Crippen molar-refractivity contribution in [2.45, 2.75) is 6.61 Å². The summed E-state index contributed by atoms with van der Waals surface area (Å²) in [5.74, 6) is 0. The van der Waals surface area contributed by atoms with E-state index in [1.54, 1.807) is 18.2 Å². The topological polar surface area (TPSA) is 55.5 Å². The summed E-state index contributed by atoms with van der Waals surface area (Å²) in [5.41, 5.74) is 2.17. The van der Waals surface area contributed by atoms with E-state index in [1.807, 2.05) is 0 Å². The van der Waals surface area contributed by atoms with Gasteiger partial charge in [-0.1, -0.05) is 6.07 Å². The largest absolute Gasteiger partial charge is 0.453 e. The quantitative estimate of drug-likeness (QED) is 0.755. The van der Waals surface area contributed by atoms with E-state index in [4.69, 9.17) is 14.3 Å². The predicted molar refractivity (Wildman–Crippen MR) is 46.5 cm³/mol. The summed E-state index contributed by atoms with van der Waals surface area (Å²) in [6.45, 7) is 0.00507. The van der Waals surface area contributed by atoms with E-state index in [9.17, 15) is 0 Å². The maximum absolute atomic E-state index is 8.87. The van der Waals surface area contributed by atoms with Gasteiger partial charge in [0.2, 0.25) is 0 Å². The van der Waals surface area contributed by atoms with Crippen LogP contribution in [0.3, 0.4) is 0 Å². The highest BCUT2D eigenvalue weighted by atomic mass is 16.6. The summed E-state index contributed by atoms with van der Waals surface area (Å²) >= 11 is 0. The lowest BCUT2D eigenvalue weighted by Gasteiger charge is -1.91. The van der Waals surface area contributed by atoms with Crippen LogP contribution in [-0.2, 0) is 6.61 Å². The normalized spacial score (nSPS) is 10.6. The van der Waals surface area contributed by atoms with Crippen LogP contribution >= 0.6 is 0 Å². The fraction of sp³-hybridized carbons (Fsp3) is 0.222. The molecule has 2 aromatic rings. The van der Waals surface area contributed by atoms with Gasteiger partial charge < -0.3 is 14.3 Å². The van der Waals surface area contributed by atoms with Gasteiger partial charge in [0, 0.05) is 0 Å². The van der Waals surface area contributed by atoms with Crippen molar-refractivity contribution in [1.29, 1.82) is 0 Å². The second-order valence-electron chi connectivity index (χ2n) is 2.64. The number of oxazole rings is 1. The van der Waals surface area contributed by atoms with E-state index >= 15 is 0 Å². The minimum absolute atomic E-state index is 0.00507. The van der Waals surface area contributed by atoms with Crippen LogP contribution in [0.15, 0.2) is 22.6 Å². The minimum Gasteiger partial charge on any atom is -0.453 e. The van der Waals surface area contributed by atoms with E-state index in [-0.39, 0.29) is 12.7 Å². The number of benzene rings is 1. The molecule has 1 aromatic carbocycles. The summed E-state index contributed by atoms with van der Waals surface area (Å²) in [5, 5.41) is 8.87. The van der Waals surface area contributed by atoms with Crippen molar-refractivity contribution in [3.8, 4) is 6.08 Å². The van der Waals surface area contributed by atoms with Crippen molar-refractivity contribution in [2.24, 2.45) is 0 Å². The van der Waals surface area contributed by atoms with Gasteiger partial charge in [0.15, 0.2) is 5.58 Å². The molecule has 0 unspecified atom stereocenters. The predicted octanol–water partition coefficient (Wildman–Crippen LogP) is 1.33. The van der Waals surface area contributed by atoms with Crippen LogP contribution in [0.2, 0.25) is 0 Å². The number of fused-ring (bicyclic) bond motifs is 1. The first kappa shape index (κ1) is 8.07. The van der Waals surface area contributed by atoms with E-state index < -0.39 is 0 Å². The molecule has 0 aliphatic heterocycles. The molecule has 4 nitrogen and oxygen atoms in total. The van der Waals surface area contributed by atoms with Gasteiger partial charge in [-0.25, -0.2) is 0 Å². The van der Waals surface area contributed by atoms with Gasteiger partial charge >= 0.3 is 6.08 Å². The Bertz CT molecular complexity index is 420. The van der Waals surface area contributed by atoms with Crippen LogP contribution in [0, 0.1) is 0 Å². The zero-order valence-corrected chi connectivity index (χ0v) is 7.15. The number of rotatable bonds is 2. The average molecular weight is 179 g/mol. The second-order valence-corrected chi connectivity index (χ2v) is 2.64. The number of hydrogen-bond acceptors (Lipinski definition) is 4. The van der Waals surface area contributed by atoms with Crippen LogP contribution in [0.1, 0.15) is 5.56 Å². The molecule has 1 aromatic heterocycles. The van der Waals surface area contributed by atoms with Gasteiger partial charge in [-0.2, -0.15) is 4.98 Å². The molecule has 0 aliphatic rings. The molecule has 1 N–H and O–H groups in total. The van der Waals surface area contributed by atoms with Crippen molar-refractivity contribution >= 4 is 11.1 Å². The lowest BCUT2D eigenvalue weighted by atomic mass is 10.2. The fourth-order valence-electron chi connectivity index (χ4n) is 1.14. The molecule has 0 fully saturated rings. The summed E-state index contributed by atoms with van der Waals surface area (Å²) in [6.07, 6.45) is 0.241. The summed E-state index contributed by atoms with van der Waals surface area (Å²) in [7, 11) is 1.50. The highest BCUT2D eigenvalue weighted by Gasteiger charge is 2.05. The standard InChI is InChI=1S/C9H9NO3/c1-12-9-10-7-4-6(5-11)2-3-8(7)13-9/h2-4,11H,5H2,1H3. The molecule has 4 heteroatoms. The number of methoxy groups -OCH3 is 1. The molecule has 0 aliphatic carbocycles. The van der Waals surface area contributed by atoms with Gasteiger partial charge in [0.05, 0.1) is 13.7 Å². The molecule has 0 radical (unpaired) electrons. The van der Waals surface area contributed by atoms with Crippen molar-refractivity contribution < 1.29 is 14.3 Å². The Morgan fingerprint density at radius 3 is 3.08 bits per heavy atom. The first-order chi connectivity index (χ1) is 6.33. The lowest BCUT2D eigenvalue weighted by molar-refractivity contribution is 0.282. The average Bonchev–Trinajstić information content (AvgIpc) is 2.58. The number of nitrogens with zero attached hydrogens (tertiary/aromatic N) is 1. The number of aromatic nitrogens is 1. The fourth-order valence-corrected chi connectivity index (χ4v) is 1.14. The Labute approximate surface area is 74.8 Å². The SMILES string of the molecule is COc1nc2cc(CO)ccc2o1. The van der Waals surface area contributed by atoms with Gasteiger partial charge in [0.25, 0.3) is 0 Å². The second kappa shape index (κ2) is 3.06. The third kappa shape index (κ3) is 1.36. The van der Waals surface area contributed by atoms with Crippen LogP contribution in [0.25, 0.3) is 11.1 Å². The van der Waals surface area contributed by atoms with Crippen LogP contribution in [-0.4, -0.2) is 17.2 Å². The maximum Gasteiger partial charge on any atom is 0.394 e. The van der Waals surface area contributed by atoms with Crippen LogP contribution in [0.4, 0.5) is 0 Å².